The molecule has 1 aromatic carbocycles. The van der Waals surface area contributed by atoms with Crippen LogP contribution in [-0.2, 0) is 16.4 Å². The molecule has 0 aliphatic carbocycles. The smallest absolute Gasteiger partial charge is 0.243 e. The summed E-state index contributed by atoms with van der Waals surface area (Å²) in [6.07, 6.45) is 2.62. The highest BCUT2D eigenvalue weighted by Crippen LogP contribution is 2.10. The molecule has 0 unspecified atom stereocenters. The van der Waals surface area contributed by atoms with Crippen LogP contribution < -0.4 is 4.72 Å². The summed E-state index contributed by atoms with van der Waals surface area (Å²) in [7, 11) is -3.80. The third-order valence-corrected chi connectivity index (χ3v) is 4.44. The van der Waals surface area contributed by atoms with Gasteiger partial charge in [0.2, 0.25) is 15.3 Å². The molecule has 1 heterocycles. The molecule has 0 bridgehead atoms. The number of aliphatic hydroxyl groups is 1. The number of hydrogen-bond acceptors (Lipinski definition) is 5. The summed E-state index contributed by atoms with van der Waals surface area (Å²) >= 11 is 5.52. The van der Waals surface area contributed by atoms with Crippen molar-refractivity contribution in [2.24, 2.45) is 0 Å². The van der Waals surface area contributed by atoms with Crippen molar-refractivity contribution in [3.63, 3.8) is 0 Å². The number of sulfonamides is 1. The first-order chi connectivity index (χ1) is 10.0. The van der Waals surface area contributed by atoms with E-state index in [4.69, 9.17) is 11.6 Å². The predicted octanol–water partition coefficient (Wildman–Crippen LogP) is 1.01. The molecule has 0 saturated carbocycles. The number of aromatic nitrogens is 2. The van der Waals surface area contributed by atoms with Crippen molar-refractivity contribution in [1.29, 1.82) is 0 Å². The van der Waals surface area contributed by atoms with Crippen LogP contribution in [0, 0.1) is 0 Å². The van der Waals surface area contributed by atoms with Gasteiger partial charge < -0.3 is 5.11 Å². The number of aliphatic hydroxyl groups excluding tert-OH is 1. The molecule has 0 radical (unpaired) electrons. The van der Waals surface area contributed by atoms with Gasteiger partial charge in [0.1, 0.15) is 4.90 Å². The first-order valence-electron chi connectivity index (χ1n) is 6.16. The Morgan fingerprint density at radius 3 is 2.38 bits per heavy atom. The van der Waals surface area contributed by atoms with Crippen LogP contribution in [0.2, 0.25) is 5.28 Å². The molecule has 8 heteroatoms. The van der Waals surface area contributed by atoms with Gasteiger partial charge in [0, 0.05) is 6.04 Å². The topological polar surface area (TPSA) is 92.2 Å². The summed E-state index contributed by atoms with van der Waals surface area (Å²) in [6, 6.07) is 8.67. The van der Waals surface area contributed by atoms with E-state index in [-0.39, 0.29) is 16.8 Å². The van der Waals surface area contributed by atoms with E-state index in [1.807, 2.05) is 30.3 Å². The largest absolute Gasteiger partial charge is 0.395 e. The minimum Gasteiger partial charge on any atom is -0.395 e. The van der Waals surface area contributed by atoms with Crippen LogP contribution in [0.3, 0.4) is 0 Å². The van der Waals surface area contributed by atoms with Gasteiger partial charge in [-0.3, -0.25) is 0 Å². The zero-order valence-electron chi connectivity index (χ0n) is 11.0. The fraction of sp³-hybridized carbons (Fsp3) is 0.231. The third-order valence-electron chi connectivity index (χ3n) is 2.77. The van der Waals surface area contributed by atoms with Crippen LogP contribution in [-0.4, -0.2) is 36.1 Å². The molecule has 0 amide bonds. The van der Waals surface area contributed by atoms with Crippen molar-refractivity contribution in [3.8, 4) is 0 Å². The molecule has 2 rings (SSSR count). The Morgan fingerprint density at radius 2 is 1.81 bits per heavy atom. The summed E-state index contributed by atoms with van der Waals surface area (Å²) in [5.41, 5.74) is 0.923. The maximum absolute atomic E-state index is 12.2. The van der Waals surface area contributed by atoms with E-state index in [0.717, 1.165) is 18.0 Å². The van der Waals surface area contributed by atoms with Crippen LogP contribution >= 0.6 is 11.6 Å². The second-order valence-corrected chi connectivity index (χ2v) is 6.43. The average molecular weight is 328 g/mol. The molecular formula is C13H14ClN3O3S. The van der Waals surface area contributed by atoms with Gasteiger partial charge in [-0.25, -0.2) is 23.1 Å². The zero-order chi connectivity index (χ0) is 15.3. The van der Waals surface area contributed by atoms with Gasteiger partial charge in [0.25, 0.3) is 0 Å². The van der Waals surface area contributed by atoms with Crippen LogP contribution in [0.1, 0.15) is 5.56 Å². The zero-order valence-corrected chi connectivity index (χ0v) is 12.5. The van der Waals surface area contributed by atoms with E-state index < -0.39 is 16.1 Å². The lowest BCUT2D eigenvalue weighted by atomic mass is 10.1. The fourth-order valence-electron chi connectivity index (χ4n) is 1.77. The first-order valence-corrected chi connectivity index (χ1v) is 8.02. The molecule has 0 aliphatic heterocycles. The molecule has 112 valence electrons. The maximum atomic E-state index is 12.2. The number of benzene rings is 1. The molecule has 2 aromatic rings. The number of halogens is 1. The van der Waals surface area contributed by atoms with Crippen molar-refractivity contribution in [2.45, 2.75) is 17.4 Å². The third kappa shape index (κ3) is 4.47. The second kappa shape index (κ2) is 6.95. The number of rotatable bonds is 6. The van der Waals surface area contributed by atoms with Crippen molar-refractivity contribution >= 4 is 21.6 Å². The minimum atomic E-state index is -3.80. The monoisotopic (exact) mass is 327 g/mol. The quantitative estimate of drug-likeness (QED) is 0.773. The van der Waals surface area contributed by atoms with E-state index in [1.165, 1.54) is 0 Å². The average Bonchev–Trinajstić information content (AvgIpc) is 2.48. The van der Waals surface area contributed by atoms with E-state index in [1.54, 1.807) is 0 Å². The Morgan fingerprint density at radius 1 is 1.19 bits per heavy atom. The Labute approximate surface area is 127 Å². The Hall–Kier alpha value is -1.54. The number of hydrogen-bond donors (Lipinski definition) is 2. The highest BCUT2D eigenvalue weighted by molar-refractivity contribution is 7.89. The molecule has 6 nitrogen and oxygen atoms in total. The van der Waals surface area contributed by atoms with Crippen LogP contribution in [0.15, 0.2) is 47.6 Å². The van der Waals surface area contributed by atoms with Gasteiger partial charge in [-0.15, -0.1) is 0 Å². The SMILES string of the molecule is O=S(=O)(N[C@H](CO)Cc1ccccc1)c1cnc(Cl)nc1. The van der Waals surface area contributed by atoms with Crippen molar-refractivity contribution in [3.05, 3.63) is 53.6 Å². The molecule has 0 aliphatic rings. The molecule has 0 saturated heterocycles. The van der Waals surface area contributed by atoms with Crippen molar-refractivity contribution < 1.29 is 13.5 Å². The molecule has 1 aromatic heterocycles. The van der Waals surface area contributed by atoms with Gasteiger partial charge in [0.05, 0.1) is 19.0 Å². The van der Waals surface area contributed by atoms with Crippen LogP contribution in [0.4, 0.5) is 0 Å². The van der Waals surface area contributed by atoms with Gasteiger partial charge in [-0.1, -0.05) is 30.3 Å². The fourth-order valence-corrected chi connectivity index (χ4v) is 2.98. The van der Waals surface area contributed by atoms with E-state index in [2.05, 4.69) is 14.7 Å². The van der Waals surface area contributed by atoms with Gasteiger partial charge in [-0.2, -0.15) is 0 Å². The first kappa shape index (κ1) is 15.8. The Kier molecular flexibility index (Phi) is 5.24. The normalized spacial score (nSPS) is 13.0. The maximum Gasteiger partial charge on any atom is 0.243 e. The summed E-state index contributed by atoms with van der Waals surface area (Å²) < 4.78 is 26.7. The Balaban J connectivity index is 2.12. The summed E-state index contributed by atoms with van der Waals surface area (Å²) in [4.78, 5) is 7.17. The standard InChI is InChI=1S/C13H14ClN3O3S/c14-13-15-7-12(8-16-13)21(19,20)17-11(9-18)6-10-4-2-1-3-5-10/h1-5,7-8,11,17-18H,6,9H2/t11-/m0/s1. The molecule has 0 fully saturated rings. The van der Waals surface area contributed by atoms with Crippen molar-refractivity contribution in [2.75, 3.05) is 6.61 Å². The number of nitrogens with zero attached hydrogens (tertiary/aromatic N) is 2. The van der Waals surface area contributed by atoms with E-state index in [0.29, 0.717) is 6.42 Å². The minimum absolute atomic E-state index is 0.0306. The molecular weight excluding hydrogens is 314 g/mol. The van der Waals surface area contributed by atoms with Gasteiger partial charge in [0.15, 0.2) is 0 Å². The molecule has 21 heavy (non-hydrogen) atoms. The summed E-state index contributed by atoms with van der Waals surface area (Å²) in [5.74, 6) is 0. The lowest BCUT2D eigenvalue weighted by Crippen LogP contribution is -2.39. The van der Waals surface area contributed by atoms with Gasteiger partial charge in [-0.05, 0) is 23.6 Å². The highest BCUT2D eigenvalue weighted by atomic mass is 35.5. The summed E-state index contributed by atoms with van der Waals surface area (Å²) in [6.45, 7) is -0.317. The predicted molar refractivity (Wildman–Crippen MR) is 78.4 cm³/mol. The molecule has 1 atom stereocenters. The van der Waals surface area contributed by atoms with Gasteiger partial charge >= 0.3 is 0 Å². The highest BCUT2D eigenvalue weighted by Gasteiger charge is 2.20. The van der Waals surface area contributed by atoms with E-state index >= 15 is 0 Å². The van der Waals surface area contributed by atoms with E-state index in [9.17, 15) is 13.5 Å². The molecule has 2 N–H and O–H groups in total. The lowest BCUT2D eigenvalue weighted by molar-refractivity contribution is 0.256. The van der Waals surface area contributed by atoms with Crippen LogP contribution in [0.25, 0.3) is 0 Å². The second-order valence-electron chi connectivity index (χ2n) is 4.38. The van der Waals surface area contributed by atoms with Crippen molar-refractivity contribution in [1.82, 2.24) is 14.7 Å². The lowest BCUT2D eigenvalue weighted by Gasteiger charge is -2.16. The van der Waals surface area contributed by atoms with Crippen LogP contribution in [0.5, 0.6) is 0 Å². The Bertz CT molecular complexity index is 678. The number of nitrogens with one attached hydrogen (secondary N) is 1. The summed E-state index contributed by atoms with van der Waals surface area (Å²) in [5, 5.41) is 9.33. The molecule has 0 spiro atoms.